The zero-order valence-corrected chi connectivity index (χ0v) is 13.9. The van der Waals surface area contributed by atoms with Crippen LogP contribution in [-0.2, 0) is 23.1 Å². The topological polar surface area (TPSA) is 138 Å². The summed E-state index contributed by atoms with van der Waals surface area (Å²) in [7, 11) is -1.61. The van der Waals surface area contributed by atoms with Crippen molar-refractivity contribution in [2.75, 3.05) is 20.8 Å². The van der Waals surface area contributed by atoms with Crippen molar-refractivity contribution in [3.8, 4) is 0 Å². The number of phosphoric ester groups is 1. The molecule has 1 aliphatic heterocycles. The van der Waals surface area contributed by atoms with Gasteiger partial charge < -0.3 is 19.4 Å². The van der Waals surface area contributed by atoms with Gasteiger partial charge in [0, 0.05) is 20.6 Å². The second-order valence-electron chi connectivity index (χ2n) is 5.17. The van der Waals surface area contributed by atoms with Crippen molar-refractivity contribution in [1.82, 2.24) is 19.5 Å². The Balaban J connectivity index is 1.88. The Hall–Kier alpha value is -1.62. The Labute approximate surface area is 136 Å². The van der Waals surface area contributed by atoms with Gasteiger partial charge >= 0.3 is 7.82 Å². The molecule has 0 aromatic carbocycles. The molecule has 4 atom stereocenters. The maximum atomic E-state index is 11.7. The first-order valence-corrected chi connectivity index (χ1v) is 8.56. The number of hydrogen-bond donors (Lipinski definition) is 2. The van der Waals surface area contributed by atoms with E-state index in [1.54, 1.807) is 4.57 Å². The molecule has 2 aromatic heterocycles. The molecule has 0 spiro atoms. The number of imidazole rings is 1. The second kappa shape index (κ2) is 6.71. The molecule has 0 saturated carbocycles. The van der Waals surface area contributed by atoms with E-state index < -0.39 is 26.3 Å². The minimum absolute atomic E-state index is 0.158. The van der Waals surface area contributed by atoms with Gasteiger partial charge in [-0.1, -0.05) is 0 Å². The van der Waals surface area contributed by atoms with Gasteiger partial charge in [0.05, 0.1) is 19.3 Å². The lowest BCUT2D eigenvalue weighted by Crippen LogP contribution is -2.28. The first kappa shape index (κ1) is 17.2. The predicted molar refractivity (Wildman–Crippen MR) is 80.3 cm³/mol. The summed E-state index contributed by atoms with van der Waals surface area (Å²) < 4.78 is 33.7. The molecule has 3 rings (SSSR count). The van der Waals surface area contributed by atoms with E-state index in [0.717, 1.165) is 7.11 Å². The quantitative estimate of drug-likeness (QED) is 0.691. The molecule has 24 heavy (non-hydrogen) atoms. The van der Waals surface area contributed by atoms with Crippen LogP contribution in [0.4, 0.5) is 0 Å². The minimum Gasteiger partial charge on any atom is -0.382 e. The maximum absolute atomic E-state index is 11.7. The summed E-state index contributed by atoms with van der Waals surface area (Å²) in [5.74, 6) is 0. The Kier molecular flexibility index (Phi) is 4.81. The molecule has 0 aliphatic carbocycles. The summed E-state index contributed by atoms with van der Waals surface area (Å²) in [6.07, 6.45) is 1.04. The van der Waals surface area contributed by atoms with Gasteiger partial charge in [-0.15, -0.1) is 0 Å². The highest BCUT2D eigenvalue weighted by Crippen LogP contribution is 2.47. The first-order valence-electron chi connectivity index (χ1n) is 7.06. The number of nitrogens with one attached hydrogen (secondary N) is 1. The third kappa shape index (κ3) is 3.27. The molecule has 1 aliphatic rings. The highest BCUT2D eigenvalue weighted by molar-refractivity contribution is 7.47. The van der Waals surface area contributed by atoms with Gasteiger partial charge in [-0.25, -0.2) is 14.5 Å². The molecule has 1 saturated heterocycles. The number of hydrogen-bond acceptors (Lipinski definition) is 8. The lowest BCUT2D eigenvalue weighted by Gasteiger charge is -2.19. The van der Waals surface area contributed by atoms with Crippen molar-refractivity contribution in [3.05, 3.63) is 23.0 Å². The van der Waals surface area contributed by atoms with Crippen molar-refractivity contribution >= 4 is 19.0 Å². The summed E-state index contributed by atoms with van der Waals surface area (Å²) in [6.45, 7) is 0.158. The lowest BCUT2D eigenvalue weighted by atomic mass is 10.2. The van der Waals surface area contributed by atoms with E-state index in [-0.39, 0.29) is 24.1 Å². The fourth-order valence-electron chi connectivity index (χ4n) is 2.58. The van der Waals surface area contributed by atoms with Crippen molar-refractivity contribution in [3.63, 3.8) is 0 Å². The minimum atomic E-state index is -4.17. The molecular formula is C12H17N4O7P. The highest BCUT2D eigenvalue weighted by Gasteiger charge is 2.41. The molecule has 11 nitrogen and oxygen atoms in total. The smallest absolute Gasteiger partial charge is 0.382 e. The zero-order chi connectivity index (χ0) is 17.3. The van der Waals surface area contributed by atoms with Crippen LogP contribution in [0.25, 0.3) is 11.2 Å². The number of methoxy groups -OCH3 is 1. The third-order valence-electron chi connectivity index (χ3n) is 3.69. The molecule has 12 heteroatoms. The number of aromatic amines is 1. The van der Waals surface area contributed by atoms with Crippen LogP contribution in [0.3, 0.4) is 0 Å². The van der Waals surface area contributed by atoms with Crippen LogP contribution >= 0.6 is 7.82 Å². The van der Waals surface area contributed by atoms with Crippen molar-refractivity contribution in [2.45, 2.75) is 24.9 Å². The Morgan fingerprint density at radius 2 is 2.29 bits per heavy atom. The molecule has 1 fully saturated rings. The number of fused-ring (bicyclic) bond motifs is 1. The SMILES string of the molecule is COC[C@H]1O[C@@H](n2cnc3c(=O)[nH]cnc32)C[C@H]1OP(=O)(O)OC. The maximum Gasteiger partial charge on any atom is 0.472 e. The number of nitrogens with zero attached hydrogens (tertiary/aromatic N) is 3. The van der Waals surface area contributed by atoms with Crippen LogP contribution in [0.1, 0.15) is 12.6 Å². The molecule has 0 bridgehead atoms. The number of ether oxygens (including phenoxy) is 2. The van der Waals surface area contributed by atoms with E-state index in [9.17, 15) is 14.3 Å². The predicted octanol–water partition coefficient (Wildman–Crippen LogP) is 0.185. The normalized spacial score (nSPS) is 26.7. The molecule has 2 aromatic rings. The van der Waals surface area contributed by atoms with Gasteiger partial charge in [0.15, 0.2) is 11.2 Å². The lowest BCUT2D eigenvalue weighted by molar-refractivity contribution is -0.0520. The van der Waals surface area contributed by atoms with E-state index in [0.29, 0.717) is 5.65 Å². The monoisotopic (exact) mass is 360 g/mol. The zero-order valence-electron chi connectivity index (χ0n) is 13.0. The average Bonchev–Trinajstić information content (AvgIpc) is 3.13. The molecule has 3 heterocycles. The van der Waals surface area contributed by atoms with Crippen LogP contribution in [0.15, 0.2) is 17.4 Å². The Morgan fingerprint density at radius 3 is 3.00 bits per heavy atom. The average molecular weight is 360 g/mol. The van der Waals surface area contributed by atoms with Crippen LogP contribution in [0.2, 0.25) is 0 Å². The van der Waals surface area contributed by atoms with Crippen molar-refractivity contribution < 1.29 is 28.0 Å². The van der Waals surface area contributed by atoms with Gasteiger partial charge in [0.2, 0.25) is 0 Å². The molecule has 2 N–H and O–H groups in total. The van der Waals surface area contributed by atoms with Crippen molar-refractivity contribution in [2.24, 2.45) is 0 Å². The second-order valence-corrected chi connectivity index (χ2v) is 6.68. The number of phosphoric acid groups is 1. The first-order chi connectivity index (χ1) is 11.4. The fraction of sp³-hybridized carbons (Fsp3) is 0.583. The van der Waals surface area contributed by atoms with E-state index >= 15 is 0 Å². The van der Waals surface area contributed by atoms with E-state index in [2.05, 4.69) is 19.5 Å². The highest BCUT2D eigenvalue weighted by atomic mass is 31.2. The van der Waals surface area contributed by atoms with Gasteiger partial charge in [-0.2, -0.15) is 0 Å². The Morgan fingerprint density at radius 1 is 1.50 bits per heavy atom. The summed E-state index contributed by atoms with van der Waals surface area (Å²) in [4.78, 5) is 31.8. The van der Waals surface area contributed by atoms with Crippen molar-refractivity contribution in [1.29, 1.82) is 0 Å². The summed E-state index contributed by atoms with van der Waals surface area (Å²) in [5.41, 5.74) is 0.162. The van der Waals surface area contributed by atoms with Gasteiger partial charge in [-0.3, -0.25) is 18.4 Å². The number of H-pyrrole nitrogens is 1. The summed E-state index contributed by atoms with van der Waals surface area (Å²) in [5, 5.41) is 0. The molecular weight excluding hydrogens is 343 g/mol. The van der Waals surface area contributed by atoms with Crippen LogP contribution < -0.4 is 5.56 Å². The van der Waals surface area contributed by atoms with Gasteiger partial charge in [0.25, 0.3) is 5.56 Å². The number of rotatable bonds is 6. The van der Waals surface area contributed by atoms with Crippen LogP contribution in [0.5, 0.6) is 0 Å². The van der Waals surface area contributed by atoms with E-state index in [4.69, 9.17) is 14.0 Å². The van der Waals surface area contributed by atoms with Gasteiger partial charge in [0.1, 0.15) is 18.4 Å². The summed E-state index contributed by atoms with van der Waals surface area (Å²) >= 11 is 0. The summed E-state index contributed by atoms with van der Waals surface area (Å²) in [6, 6.07) is 0. The third-order valence-corrected chi connectivity index (χ3v) is 4.68. The molecule has 0 radical (unpaired) electrons. The Bertz CT molecular complexity index is 821. The molecule has 132 valence electrons. The fourth-order valence-corrected chi connectivity index (χ4v) is 3.23. The van der Waals surface area contributed by atoms with E-state index in [1.165, 1.54) is 19.8 Å². The van der Waals surface area contributed by atoms with Crippen LogP contribution in [0, 0.1) is 0 Å². The standard InChI is InChI=1S/C12H17N4O7P/c1-20-4-8-7(23-24(18,19)21-2)3-9(22-8)16-6-15-10-11(16)13-5-14-12(10)17/h5-9H,3-4H2,1-2H3,(H,18,19)(H,13,14,17)/t7-,8-,9-/m1/s1. The molecule has 0 amide bonds. The van der Waals surface area contributed by atoms with Crippen LogP contribution in [-0.4, -0.2) is 57.4 Å². The van der Waals surface area contributed by atoms with Gasteiger partial charge in [-0.05, 0) is 0 Å². The van der Waals surface area contributed by atoms with E-state index in [1.807, 2.05) is 0 Å². The largest absolute Gasteiger partial charge is 0.472 e. The molecule has 1 unspecified atom stereocenters. The number of aromatic nitrogens is 4.